The van der Waals surface area contributed by atoms with Gasteiger partial charge in [-0.25, -0.2) is 0 Å². The Morgan fingerprint density at radius 2 is 1.69 bits per heavy atom. The van der Waals surface area contributed by atoms with E-state index in [2.05, 4.69) is 27.2 Å². The van der Waals surface area contributed by atoms with E-state index in [0.29, 0.717) is 12.1 Å². The smallest absolute Gasteiger partial charge is 0.0594 e. The summed E-state index contributed by atoms with van der Waals surface area (Å²) in [5, 5.41) is 4.36. The van der Waals surface area contributed by atoms with Crippen LogP contribution in [0.3, 0.4) is 0 Å². The molecule has 1 N–H and O–H groups in total. The van der Waals surface area contributed by atoms with Crippen LogP contribution in [-0.2, 0) is 11.2 Å². The molecule has 5 heteroatoms. The van der Waals surface area contributed by atoms with Crippen LogP contribution in [0.4, 0.5) is 0 Å². The summed E-state index contributed by atoms with van der Waals surface area (Å²) in [6.07, 6.45) is 6.34. The number of benzene rings is 1. The van der Waals surface area contributed by atoms with Crippen LogP contribution in [-0.4, -0.2) is 73.9 Å². The number of nitrogens with zero attached hydrogens (tertiary/aromatic N) is 2. The topological polar surface area (TPSA) is 27.7 Å². The first-order valence-corrected chi connectivity index (χ1v) is 10.7. The molecular weight excluding hydrogens is 346 g/mol. The minimum absolute atomic E-state index is 0.663. The van der Waals surface area contributed by atoms with Gasteiger partial charge in [-0.05, 0) is 62.9 Å². The van der Waals surface area contributed by atoms with Crippen LogP contribution in [0, 0.1) is 0 Å². The van der Waals surface area contributed by atoms with Gasteiger partial charge in [0, 0.05) is 42.8 Å². The number of hydrogen-bond donors (Lipinski definition) is 1. The largest absolute Gasteiger partial charge is 0.379 e. The lowest BCUT2D eigenvalue weighted by molar-refractivity contribution is -0.0258. The predicted octanol–water partition coefficient (Wildman–Crippen LogP) is 2.80. The van der Waals surface area contributed by atoms with Gasteiger partial charge in [-0.2, -0.15) is 0 Å². The SMILES string of the molecule is Clc1ccc(C[C@H]2CC[C@@H](N3CCOCC3)CN2C2CCNCC2)cc1. The second-order valence-corrected chi connectivity index (χ2v) is 8.48. The molecule has 4 rings (SSSR count). The van der Waals surface area contributed by atoms with Crippen LogP contribution < -0.4 is 5.32 Å². The van der Waals surface area contributed by atoms with Crippen molar-refractivity contribution in [3.63, 3.8) is 0 Å². The van der Waals surface area contributed by atoms with Gasteiger partial charge in [-0.15, -0.1) is 0 Å². The third-order valence-electron chi connectivity index (χ3n) is 6.45. The van der Waals surface area contributed by atoms with Crippen LogP contribution in [0.2, 0.25) is 5.02 Å². The molecule has 3 fully saturated rings. The maximum atomic E-state index is 6.08. The van der Waals surface area contributed by atoms with Crippen molar-refractivity contribution in [2.45, 2.75) is 50.2 Å². The van der Waals surface area contributed by atoms with Gasteiger partial charge in [0.05, 0.1) is 13.2 Å². The van der Waals surface area contributed by atoms with Gasteiger partial charge in [-0.1, -0.05) is 23.7 Å². The van der Waals surface area contributed by atoms with Crippen LogP contribution in [0.5, 0.6) is 0 Å². The van der Waals surface area contributed by atoms with Crippen LogP contribution in [0.25, 0.3) is 0 Å². The van der Waals surface area contributed by atoms with E-state index < -0.39 is 0 Å². The Balaban J connectivity index is 1.45. The lowest BCUT2D eigenvalue weighted by atomic mass is 9.89. The fourth-order valence-corrected chi connectivity index (χ4v) is 5.10. The Morgan fingerprint density at radius 1 is 0.962 bits per heavy atom. The summed E-state index contributed by atoms with van der Waals surface area (Å²) in [5.74, 6) is 0. The summed E-state index contributed by atoms with van der Waals surface area (Å²) in [6.45, 7) is 7.56. The zero-order valence-electron chi connectivity index (χ0n) is 15.7. The van der Waals surface area contributed by atoms with Crippen LogP contribution in [0.15, 0.2) is 24.3 Å². The Morgan fingerprint density at radius 3 is 2.42 bits per heavy atom. The number of ether oxygens (including phenoxy) is 1. The van der Waals surface area contributed by atoms with Crippen molar-refractivity contribution in [1.82, 2.24) is 15.1 Å². The number of nitrogens with one attached hydrogen (secondary N) is 1. The molecule has 0 aliphatic carbocycles. The van der Waals surface area contributed by atoms with E-state index in [-0.39, 0.29) is 0 Å². The van der Waals surface area contributed by atoms with Gasteiger partial charge in [0.25, 0.3) is 0 Å². The summed E-state index contributed by atoms with van der Waals surface area (Å²) in [6, 6.07) is 10.6. The first-order valence-electron chi connectivity index (χ1n) is 10.3. The first-order chi connectivity index (χ1) is 12.8. The molecule has 3 aliphatic rings. The third kappa shape index (κ3) is 4.60. The molecule has 0 unspecified atom stereocenters. The second kappa shape index (κ2) is 9.03. The highest BCUT2D eigenvalue weighted by atomic mass is 35.5. The number of rotatable bonds is 4. The molecule has 3 heterocycles. The van der Waals surface area contributed by atoms with E-state index >= 15 is 0 Å². The zero-order valence-corrected chi connectivity index (χ0v) is 16.5. The van der Waals surface area contributed by atoms with E-state index in [1.165, 1.54) is 37.8 Å². The number of halogens is 1. The Hall–Kier alpha value is -0.650. The minimum atomic E-state index is 0.663. The molecular formula is C21H32ClN3O. The summed E-state index contributed by atoms with van der Waals surface area (Å²) < 4.78 is 5.57. The van der Waals surface area contributed by atoms with E-state index in [9.17, 15) is 0 Å². The molecule has 1 aromatic rings. The molecule has 0 aromatic heterocycles. The highest BCUT2D eigenvalue weighted by molar-refractivity contribution is 6.30. The van der Waals surface area contributed by atoms with E-state index in [0.717, 1.165) is 56.9 Å². The van der Waals surface area contributed by atoms with Gasteiger partial charge in [0.2, 0.25) is 0 Å². The summed E-state index contributed by atoms with van der Waals surface area (Å²) in [7, 11) is 0. The summed E-state index contributed by atoms with van der Waals surface area (Å²) in [5.41, 5.74) is 1.42. The van der Waals surface area contributed by atoms with Gasteiger partial charge in [0.1, 0.15) is 0 Å². The van der Waals surface area contributed by atoms with E-state index in [1.807, 2.05) is 12.1 Å². The molecule has 4 nitrogen and oxygen atoms in total. The lowest BCUT2D eigenvalue weighted by Crippen LogP contribution is -2.58. The average molecular weight is 378 g/mol. The number of hydrogen-bond acceptors (Lipinski definition) is 4. The van der Waals surface area contributed by atoms with Crippen molar-refractivity contribution in [3.05, 3.63) is 34.9 Å². The Bertz CT molecular complexity index is 555. The fraction of sp³-hybridized carbons (Fsp3) is 0.714. The Labute approximate surface area is 162 Å². The molecule has 144 valence electrons. The normalized spacial score (nSPS) is 29.7. The van der Waals surface area contributed by atoms with Gasteiger partial charge >= 0.3 is 0 Å². The third-order valence-corrected chi connectivity index (χ3v) is 6.70. The van der Waals surface area contributed by atoms with Crippen molar-refractivity contribution in [2.75, 3.05) is 45.9 Å². The monoisotopic (exact) mass is 377 g/mol. The molecule has 2 atom stereocenters. The minimum Gasteiger partial charge on any atom is -0.379 e. The van der Waals surface area contributed by atoms with Crippen LogP contribution in [0.1, 0.15) is 31.2 Å². The van der Waals surface area contributed by atoms with Crippen molar-refractivity contribution >= 4 is 11.6 Å². The maximum Gasteiger partial charge on any atom is 0.0594 e. The Kier molecular flexibility index (Phi) is 6.49. The number of morpholine rings is 1. The predicted molar refractivity (Wildman–Crippen MR) is 107 cm³/mol. The standard InChI is InChI=1S/C21H32ClN3O/c22-18-3-1-17(2-4-18)15-20-5-6-21(24-11-13-26-14-12-24)16-25(20)19-7-9-23-10-8-19/h1-4,19-21,23H,5-16H2/t20-,21-/m1/s1. The summed E-state index contributed by atoms with van der Waals surface area (Å²) in [4.78, 5) is 5.54. The highest BCUT2D eigenvalue weighted by Crippen LogP contribution is 2.29. The molecule has 3 aliphatic heterocycles. The molecule has 0 radical (unpaired) electrons. The van der Waals surface area contributed by atoms with Gasteiger partial charge in [-0.3, -0.25) is 9.80 Å². The molecule has 0 saturated carbocycles. The van der Waals surface area contributed by atoms with Crippen molar-refractivity contribution < 1.29 is 4.74 Å². The quantitative estimate of drug-likeness (QED) is 0.873. The van der Waals surface area contributed by atoms with Crippen molar-refractivity contribution in [2.24, 2.45) is 0 Å². The van der Waals surface area contributed by atoms with E-state index in [1.54, 1.807) is 0 Å². The second-order valence-electron chi connectivity index (χ2n) is 8.04. The van der Waals surface area contributed by atoms with Crippen LogP contribution >= 0.6 is 11.6 Å². The number of piperidine rings is 2. The molecule has 3 saturated heterocycles. The van der Waals surface area contributed by atoms with Gasteiger partial charge in [0.15, 0.2) is 0 Å². The number of likely N-dealkylation sites (tertiary alicyclic amines) is 1. The van der Waals surface area contributed by atoms with Gasteiger partial charge < -0.3 is 10.1 Å². The van der Waals surface area contributed by atoms with Crippen molar-refractivity contribution in [3.8, 4) is 0 Å². The highest BCUT2D eigenvalue weighted by Gasteiger charge is 2.36. The average Bonchev–Trinajstić information content (AvgIpc) is 2.71. The lowest BCUT2D eigenvalue weighted by Gasteiger charge is -2.48. The molecule has 0 bridgehead atoms. The first kappa shape index (κ1) is 18.7. The van der Waals surface area contributed by atoms with Crippen molar-refractivity contribution in [1.29, 1.82) is 0 Å². The molecule has 1 aromatic carbocycles. The summed E-state index contributed by atoms with van der Waals surface area (Å²) >= 11 is 6.08. The zero-order chi connectivity index (χ0) is 17.8. The molecule has 0 amide bonds. The molecule has 0 spiro atoms. The fourth-order valence-electron chi connectivity index (χ4n) is 4.97. The molecule has 26 heavy (non-hydrogen) atoms. The van der Waals surface area contributed by atoms with E-state index in [4.69, 9.17) is 16.3 Å². The maximum absolute atomic E-state index is 6.08.